The van der Waals surface area contributed by atoms with Gasteiger partial charge in [-0.25, -0.2) is 0 Å². The third-order valence-corrected chi connectivity index (χ3v) is 1.12. The van der Waals surface area contributed by atoms with E-state index in [0.717, 1.165) is 5.70 Å². The molecule has 0 aromatic heterocycles. The van der Waals surface area contributed by atoms with E-state index in [9.17, 15) is 5.11 Å². The van der Waals surface area contributed by atoms with Gasteiger partial charge in [-0.15, -0.1) is 6.42 Å². The van der Waals surface area contributed by atoms with Crippen LogP contribution < -0.4 is 5.32 Å². The van der Waals surface area contributed by atoms with Gasteiger partial charge in [0, 0.05) is 5.70 Å². The Morgan fingerprint density at radius 2 is 2.36 bits per heavy atom. The highest BCUT2D eigenvalue weighted by atomic mass is 16.3. The van der Waals surface area contributed by atoms with Crippen molar-refractivity contribution in [2.75, 3.05) is 0 Å². The third-order valence-electron chi connectivity index (χ3n) is 1.12. The van der Waals surface area contributed by atoms with Crippen molar-refractivity contribution in [2.45, 2.75) is 19.4 Å². The summed E-state index contributed by atoms with van der Waals surface area (Å²) < 4.78 is 0. The Labute approximate surface area is 67.6 Å². The molecule has 0 amide bonds. The summed E-state index contributed by atoms with van der Waals surface area (Å²) in [5.74, 6) is 2.24. The Hall–Kier alpha value is -1.20. The van der Waals surface area contributed by atoms with Gasteiger partial charge in [0.15, 0.2) is 0 Å². The van der Waals surface area contributed by atoms with Gasteiger partial charge in [-0.05, 0) is 26.1 Å². The van der Waals surface area contributed by atoms with Crippen LogP contribution in [0.1, 0.15) is 13.8 Å². The Balaban J connectivity index is 4.31. The second-order valence-corrected chi connectivity index (χ2v) is 2.47. The van der Waals surface area contributed by atoms with Crippen molar-refractivity contribution in [2.24, 2.45) is 0 Å². The number of aliphatic hydroxyl groups is 1. The lowest BCUT2D eigenvalue weighted by Gasteiger charge is -2.11. The SMILES string of the molecule is C#CC(C)(O)/C=C(\C)NC=C. The molecule has 60 valence electrons. The summed E-state index contributed by atoms with van der Waals surface area (Å²) in [5, 5.41) is 12.1. The van der Waals surface area contributed by atoms with Crippen molar-refractivity contribution < 1.29 is 5.11 Å². The average molecular weight is 151 g/mol. The summed E-state index contributed by atoms with van der Waals surface area (Å²) in [5.41, 5.74) is -0.400. The topological polar surface area (TPSA) is 32.3 Å². The van der Waals surface area contributed by atoms with Gasteiger partial charge >= 0.3 is 0 Å². The van der Waals surface area contributed by atoms with Crippen molar-refractivity contribution in [3.63, 3.8) is 0 Å². The number of rotatable bonds is 3. The Bertz CT molecular complexity index is 208. The van der Waals surface area contributed by atoms with Crippen LogP contribution in [0.3, 0.4) is 0 Å². The monoisotopic (exact) mass is 151 g/mol. The maximum atomic E-state index is 9.33. The van der Waals surface area contributed by atoms with Crippen LogP contribution in [-0.2, 0) is 0 Å². The molecule has 2 heteroatoms. The van der Waals surface area contributed by atoms with Crippen LogP contribution in [0, 0.1) is 12.3 Å². The molecule has 0 radical (unpaired) electrons. The average Bonchev–Trinajstić information content (AvgIpc) is 1.87. The summed E-state index contributed by atoms with van der Waals surface area (Å²) in [6, 6.07) is 0. The van der Waals surface area contributed by atoms with Crippen LogP contribution in [0.2, 0.25) is 0 Å². The normalized spacial score (nSPS) is 16.4. The molecule has 11 heavy (non-hydrogen) atoms. The first kappa shape index (κ1) is 9.80. The highest BCUT2D eigenvalue weighted by molar-refractivity contribution is 5.20. The van der Waals surface area contributed by atoms with E-state index in [1.54, 1.807) is 19.9 Å². The van der Waals surface area contributed by atoms with Crippen LogP contribution in [0.5, 0.6) is 0 Å². The second-order valence-electron chi connectivity index (χ2n) is 2.47. The lowest BCUT2D eigenvalue weighted by Crippen LogP contribution is -2.19. The molecule has 0 bridgehead atoms. The van der Waals surface area contributed by atoms with Crippen molar-refractivity contribution in [3.8, 4) is 12.3 Å². The molecule has 0 heterocycles. The van der Waals surface area contributed by atoms with Gasteiger partial charge < -0.3 is 10.4 Å². The van der Waals surface area contributed by atoms with E-state index in [-0.39, 0.29) is 0 Å². The molecule has 0 saturated heterocycles. The Morgan fingerprint density at radius 1 is 1.82 bits per heavy atom. The molecule has 2 nitrogen and oxygen atoms in total. The summed E-state index contributed by atoms with van der Waals surface area (Å²) in [7, 11) is 0. The molecular weight excluding hydrogens is 138 g/mol. The van der Waals surface area contributed by atoms with E-state index in [2.05, 4.69) is 17.8 Å². The van der Waals surface area contributed by atoms with E-state index in [1.807, 2.05) is 0 Å². The van der Waals surface area contributed by atoms with Crippen molar-refractivity contribution in [1.82, 2.24) is 5.32 Å². The predicted molar refractivity (Wildman–Crippen MR) is 46.5 cm³/mol. The molecule has 0 aromatic carbocycles. The molecule has 1 unspecified atom stereocenters. The lowest BCUT2D eigenvalue weighted by atomic mass is 10.1. The van der Waals surface area contributed by atoms with Crippen molar-refractivity contribution >= 4 is 0 Å². The molecule has 0 saturated carbocycles. The quantitative estimate of drug-likeness (QED) is 0.590. The predicted octanol–water partition coefficient (Wildman–Crippen LogP) is 1.01. The minimum atomic E-state index is -1.18. The molecule has 0 spiro atoms. The summed E-state index contributed by atoms with van der Waals surface area (Å²) in [6.07, 6.45) is 8.13. The highest BCUT2D eigenvalue weighted by Crippen LogP contribution is 2.05. The molecule has 0 aliphatic carbocycles. The maximum absolute atomic E-state index is 9.33. The molecule has 0 fully saturated rings. The zero-order chi connectivity index (χ0) is 8.91. The number of nitrogens with one attached hydrogen (secondary N) is 1. The van der Waals surface area contributed by atoms with E-state index in [4.69, 9.17) is 6.42 Å². The summed E-state index contributed by atoms with van der Waals surface area (Å²) in [6.45, 7) is 6.81. The van der Waals surface area contributed by atoms with E-state index < -0.39 is 5.60 Å². The Kier molecular flexibility index (Phi) is 3.43. The molecular formula is C9H13NO. The molecule has 0 rings (SSSR count). The van der Waals surface area contributed by atoms with Gasteiger partial charge in [0.1, 0.15) is 5.60 Å². The molecule has 0 aromatic rings. The third kappa shape index (κ3) is 4.24. The number of terminal acetylenes is 1. The first-order chi connectivity index (χ1) is 5.02. The van der Waals surface area contributed by atoms with Gasteiger partial charge in [0.05, 0.1) is 0 Å². The van der Waals surface area contributed by atoms with Crippen LogP contribution >= 0.6 is 0 Å². The minimum absolute atomic E-state index is 0.781. The van der Waals surface area contributed by atoms with Gasteiger partial charge in [-0.3, -0.25) is 0 Å². The van der Waals surface area contributed by atoms with Crippen LogP contribution in [-0.4, -0.2) is 10.7 Å². The second kappa shape index (κ2) is 3.85. The van der Waals surface area contributed by atoms with Gasteiger partial charge in [-0.1, -0.05) is 12.5 Å². The number of allylic oxidation sites excluding steroid dienone is 1. The number of hydrogen-bond acceptors (Lipinski definition) is 2. The molecule has 2 N–H and O–H groups in total. The number of hydrogen-bond donors (Lipinski definition) is 2. The minimum Gasteiger partial charge on any atom is -0.374 e. The fourth-order valence-corrected chi connectivity index (χ4v) is 0.666. The van der Waals surface area contributed by atoms with Gasteiger partial charge in [-0.2, -0.15) is 0 Å². The van der Waals surface area contributed by atoms with E-state index in [0.29, 0.717) is 0 Å². The summed E-state index contributed by atoms with van der Waals surface area (Å²) in [4.78, 5) is 0. The van der Waals surface area contributed by atoms with Gasteiger partial charge in [0.2, 0.25) is 0 Å². The van der Waals surface area contributed by atoms with Crippen molar-refractivity contribution in [3.05, 3.63) is 24.6 Å². The zero-order valence-corrected chi connectivity index (χ0v) is 6.89. The first-order valence-electron chi connectivity index (χ1n) is 3.29. The van der Waals surface area contributed by atoms with E-state index in [1.165, 1.54) is 6.20 Å². The van der Waals surface area contributed by atoms with Gasteiger partial charge in [0.25, 0.3) is 0 Å². The fourth-order valence-electron chi connectivity index (χ4n) is 0.666. The molecule has 1 atom stereocenters. The summed E-state index contributed by atoms with van der Waals surface area (Å²) >= 11 is 0. The zero-order valence-electron chi connectivity index (χ0n) is 6.89. The Morgan fingerprint density at radius 3 is 2.73 bits per heavy atom. The highest BCUT2D eigenvalue weighted by Gasteiger charge is 2.11. The smallest absolute Gasteiger partial charge is 0.143 e. The molecule has 0 aliphatic heterocycles. The van der Waals surface area contributed by atoms with E-state index >= 15 is 0 Å². The maximum Gasteiger partial charge on any atom is 0.143 e. The van der Waals surface area contributed by atoms with Crippen LogP contribution in [0.15, 0.2) is 24.6 Å². The first-order valence-corrected chi connectivity index (χ1v) is 3.29. The van der Waals surface area contributed by atoms with Crippen LogP contribution in [0.25, 0.3) is 0 Å². The standard InChI is InChI=1S/C9H13NO/c1-5-9(4,11)7-8(3)10-6-2/h1,6-7,10-11H,2H2,3-4H3/b8-7+. The lowest BCUT2D eigenvalue weighted by molar-refractivity contribution is 0.173. The van der Waals surface area contributed by atoms with Crippen LogP contribution in [0.4, 0.5) is 0 Å². The fraction of sp³-hybridized carbons (Fsp3) is 0.333. The largest absolute Gasteiger partial charge is 0.374 e. The molecule has 0 aliphatic rings. The van der Waals surface area contributed by atoms with Crippen molar-refractivity contribution in [1.29, 1.82) is 0 Å².